The van der Waals surface area contributed by atoms with Crippen LogP contribution in [-0.4, -0.2) is 15.7 Å². The van der Waals surface area contributed by atoms with E-state index in [9.17, 15) is 4.79 Å². The van der Waals surface area contributed by atoms with Crippen molar-refractivity contribution < 1.29 is 4.79 Å². The van der Waals surface area contributed by atoms with Crippen molar-refractivity contribution in [2.75, 3.05) is 0 Å². The summed E-state index contributed by atoms with van der Waals surface area (Å²) >= 11 is 1.84. The second kappa shape index (κ2) is 5.40. The maximum Gasteiger partial charge on any atom is 0.263 e. The molecule has 0 saturated heterocycles. The Morgan fingerprint density at radius 3 is 2.62 bits per heavy atom. The first-order chi connectivity index (χ1) is 10.1. The SMILES string of the molecule is CC1(C2CCCCC2)SC(C[C@H]2C[C@@H]3CC[C@H]2C3)=NC1=O. The van der Waals surface area contributed by atoms with Crippen LogP contribution in [0.25, 0.3) is 0 Å². The first kappa shape index (κ1) is 14.3. The molecule has 3 fully saturated rings. The summed E-state index contributed by atoms with van der Waals surface area (Å²) in [6.45, 7) is 2.17. The van der Waals surface area contributed by atoms with Gasteiger partial charge in [0.05, 0.1) is 5.04 Å². The lowest BCUT2D eigenvalue weighted by Gasteiger charge is -2.34. The second-order valence-electron chi connectivity index (χ2n) is 7.99. The molecule has 3 saturated carbocycles. The Balaban J connectivity index is 1.42. The molecule has 1 unspecified atom stereocenters. The Bertz CT molecular complexity index is 468. The molecule has 116 valence electrons. The number of hydrogen-bond acceptors (Lipinski definition) is 2. The second-order valence-corrected chi connectivity index (χ2v) is 9.52. The molecule has 0 aromatic heterocycles. The van der Waals surface area contributed by atoms with Crippen molar-refractivity contribution in [3.8, 4) is 0 Å². The fourth-order valence-corrected chi connectivity index (χ4v) is 6.84. The molecule has 4 atom stereocenters. The summed E-state index contributed by atoms with van der Waals surface area (Å²) in [4.78, 5) is 17.0. The lowest BCUT2D eigenvalue weighted by Crippen LogP contribution is -2.37. The molecule has 0 aromatic rings. The highest BCUT2D eigenvalue weighted by Crippen LogP contribution is 2.52. The molecule has 3 aliphatic carbocycles. The van der Waals surface area contributed by atoms with E-state index >= 15 is 0 Å². The molecule has 0 aromatic carbocycles. The number of amides is 1. The third-order valence-corrected chi connectivity index (χ3v) is 8.11. The molecule has 1 amide bonds. The zero-order valence-electron chi connectivity index (χ0n) is 13.1. The monoisotopic (exact) mass is 305 g/mol. The van der Waals surface area contributed by atoms with Crippen LogP contribution in [0, 0.1) is 23.7 Å². The highest BCUT2D eigenvalue weighted by molar-refractivity contribution is 8.16. The molecule has 4 rings (SSSR count). The van der Waals surface area contributed by atoms with Crippen molar-refractivity contribution in [1.29, 1.82) is 0 Å². The van der Waals surface area contributed by atoms with Gasteiger partial charge in [0.1, 0.15) is 4.75 Å². The Morgan fingerprint density at radius 2 is 1.95 bits per heavy atom. The van der Waals surface area contributed by atoms with Gasteiger partial charge in [-0.05, 0) is 69.1 Å². The lowest BCUT2D eigenvalue weighted by atomic mass is 9.80. The topological polar surface area (TPSA) is 29.4 Å². The molecule has 0 spiro atoms. The summed E-state index contributed by atoms with van der Waals surface area (Å²) in [6.07, 6.45) is 13.3. The summed E-state index contributed by atoms with van der Waals surface area (Å²) in [5.41, 5.74) is 0. The number of hydrogen-bond donors (Lipinski definition) is 0. The Hall–Kier alpha value is -0.310. The van der Waals surface area contributed by atoms with Crippen LogP contribution in [0.5, 0.6) is 0 Å². The maximum atomic E-state index is 12.5. The Kier molecular flexibility index (Phi) is 3.68. The van der Waals surface area contributed by atoms with E-state index in [0.717, 1.165) is 24.2 Å². The van der Waals surface area contributed by atoms with Crippen LogP contribution in [0.15, 0.2) is 4.99 Å². The summed E-state index contributed by atoms with van der Waals surface area (Å²) in [5, 5.41) is 1.17. The van der Waals surface area contributed by atoms with Gasteiger partial charge in [-0.25, -0.2) is 4.99 Å². The van der Waals surface area contributed by atoms with Gasteiger partial charge in [-0.2, -0.15) is 0 Å². The van der Waals surface area contributed by atoms with E-state index in [1.54, 1.807) is 0 Å². The van der Waals surface area contributed by atoms with Gasteiger partial charge in [-0.15, -0.1) is 0 Å². The van der Waals surface area contributed by atoms with E-state index in [-0.39, 0.29) is 10.7 Å². The van der Waals surface area contributed by atoms with Crippen LogP contribution in [0.4, 0.5) is 0 Å². The predicted molar refractivity (Wildman–Crippen MR) is 88.6 cm³/mol. The van der Waals surface area contributed by atoms with E-state index in [0.29, 0.717) is 5.92 Å². The summed E-state index contributed by atoms with van der Waals surface area (Å²) in [7, 11) is 0. The molecule has 0 N–H and O–H groups in total. The van der Waals surface area contributed by atoms with Crippen molar-refractivity contribution in [3.05, 3.63) is 0 Å². The van der Waals surface area contributed by atoms with Gasteiger partial charge in [0.2, 0.25) is 0 Å². The first-order valence-corrected chi connectivity index (χ1v) is 9.78. The zero-order valence-corrected chi connectivity index (χ0v) is 14.0. The van der Waals surface area contributed by atoms with E-state index in [4.69, 9.17) is 0 Å². The van der Waals surface area contributed by atoms with Crippen LogP contribution >= 0.6 is 11.8 Å². The largest absolute Gasteiger partial charge is 0.271 e. The van der Waals surface area contributed by atoms with Gasteiger partial charge in [-0.1, -0.05) is 37.4 Å². The fraction of sp³-hybridized carbons (Fsp3) is 0.889. The lowest BCUT2D eigenvalue weighted by molar-refractivity contribution is -0.120. The van der Waals surface area contributed by atoms with Crippen molar-refractivity contribution in [3.63, 3.8) is 0 Å². The summed E-state index contributed by atoms with van der Waals surface area (Å²) < 4.78 is -0.229. The average molecular weight is 305 g/mol. The van der Waals surface area contributed by atoms with Gasteiger partial charge in [0, 0.05) is 0 Å². The van der Waals surface area contributed by atoms with E-state index < -0.39 is 0 Å². The van der Waals surface area contributed by atoms with Crippen molar-refractivity contribution in [1.82, 2.24) is 0 Å². The van der Waals surface area contributed by atoms with Crippen molar-refractivity contribution in [2.45, 2.75) is 75.9 Å². The van der Waals surface area contributed by atoms with Crippen LogP contribution in [0.3, 0.4) is 0 Å². The normalized spacial score (nSPS) is 43.6. The van der Waals surface area contributed by atoms with E-state index in [1.807, 2.05) is 11.8 Å². The van der Waals surface area contributed by atoms with Gasteiger partial charge in [-0.3, -0.25) is 4.79 Å². The minimum atomic E-state index is -0.229. The maximum absolute atomic E-state index is 12.5. The predicted octanol–water partition coefficient (Wildman–Crippen LogP) is 4.82. The Labute approximate surface area is 132 Å². The molecule has 21 heavy (non-hydrogen) atoms. The first-order valence-electron chi connectivity index (χ1n) is 8.96. The molecule has 1 heterocycles. The average Bonchev–Trinajstić information content (AvgIpc) is 3.16. The molecule has 0 radical (unpaired) electrons. The van der Waals surface area contributed by atoms with Gasteiger partial charge < -0.3 is 0 Å². The smallest absolute Gasteiger partial charge is 0.263 e. The fourth-order valence-electron chi connectivity index (χ4n) is 5.38. The summed E-state index contributed by atoms with van der Waals surface area (Å²) in [6, 6.07) is 0. The third kappa shape index (κ3) is 2.50. The molecule has 3 heteroatoms. The molecule has 1 aliphatic heterocycles. The standard InChI is InChI=1S/C18H27NOS/c1-18(15-5-3-2-4-6-15)17(20)19-16(21-18)11-14-10-12-7-8-13(14)9-12/h12-15H,2-11H2,1H3/t12-,13+,14-,18?/m1/s1. The number of nitrogens with zero attached hydrogens (tertiary/aromatic N) is 1. The van der Waals surface area contributed by atoms with Crippen LogP contribution in [0.1, 0.15) is 71.1 Å². The van der Waals surface area contributed by atoms with Gasteiger partial charge >= 0.3 is 0 Å². The zero-order chi connectivity index (χ0) is 14.4. The van der Waals surface area contributed by atoms with Crippen molar-refractivity contribution >= 4 is 22.7 Å². The van der Waals surface area contributed by atoms with Gasteiger partial charge in [0.25, 0.3) is 5.91 Å². The van der Waals surface area contributed by atoms with Crippen molar-refractivity contribution in [2.24, 2.45) is 28.7 Å². The third-order valence-electron chi connectivity index (χ3n) is 6.69. The number of rotatable bonds is 3. The van der Waals surface area contributed by atoms with E-state index in [1.165, 1.54) is 62.8 Å². The molecular formula is C18H27NOS. The molecule has 2 nitrogen and oxygen atoms in total. The summed E-state index contributed by atoms with van der Waals surface area (Å²) in [5.74, 6) is 3.50. The minimum absolute atomic E-state index is 0.178. The van der Waals surface area contributed by atoms with Crippen LogP contribution < -0.4 is 0 Å². The number of carbonyl (C=O) groups excluding carboxylic acids is 1. The number of aliphatic imine (C=N–C) groups is 1. The van der Waals surface area contributed by atoms with E-state index in [2.05, 4.69) is 11.9 Å². The quantitative estimate of drug-likeness (QED) is 0.748. The Morgan fingerprint density at radius 1 is 1.14 bits per heavy atom. The highest BCUT2D eigenvalue weighted by Gasteiger charge is 2.48. The highest BCUT2D eigenvalue weighted by atomic mass is 32.2. The van der Waals surface area contributed by atoms with Crippen LogP contribution in [0.2, 0.25) is 0 Å². The molecule has 2 bridgehead atoms. The van der Waals surface area contributed by atoms with Crippen LogP contribution in [-0.2, 0) is 4.79 Å². The minimum Gasteiger partial charge on any atom is -0.271 e. The number of carbonyl (C=O) groups is 1. The number of fused-ring (bicyclic) bond motifs is 2. The van der Waals surface area contributed by atoms with Gasteiger partial charge in [0.15, 0.2) is 0 Å². The molecular weight excluding hydrogens is 278 g/mol. The molecule has 4 aliphatic rings. The number of thioether (sulfide) groups is 1.